The van der Waals surface area contributed by atoms with Gasteiger partial charge >= 0.3 is 6.18 Å². The molecule has 2 N–H and O–H groups in total. The summed E-state index contributed by atoms with van der Waals surface area (Å²) in [6.07, 6.45) is -1.53. The predicted molar refractivity (Wildman–Crippen MR) is 102 cm³/mol. The topological polar surface area (TPSA) is 76.0 Å². The van der Waals surface area contributed by atoms with Gasteiger partial charge in [0.05, 0.1) is 23.4 Å². The molecule has 0 bridgehead atoms. The van der Waals surface area contributed by atoms with Gasteiger partial charge in [-0.25, -0.2) is 4.68 Å². The van der Waals surface area contributed by atoms with E-state index in [0.717, 1.165) is 12.1 Å². The van der Waals surface area contributed by atoms with Crippen molar-refractivity contribution in [1.82, 2.24) is 9.78 Å². The van der Waals surface area contributed by atoms with Crippen LogP contribution in [0, 0.1) is 0 Å². The van der Waals surface area contributed by atoms with Crippen molar-refractivity contribution in [3.05, 3.63) is 72.1 Å². The van der Waals surface area contributed by atoms with Crippen molar-refractivity contribution in [2.45, 2.75) is 19.5 Å². The molecule has 0 aliphatic heterocycles. The molecule has 0 spiro atoms. The number of carbonyl (C=O) groups is 2. The van der Waals surface area contributed by atoms with E-state index in [1.165, 1.54) is 23.9 Å². The molecule has 0 atom stereocenters. The van der Waals surface area contributed by atoms with Crippen LogP contribution in [0.3, 0.4) is 0 Å². The Morgan fingerprint density at radius 2 is 1.79 bits per heavy atom. The highest BCUT2D eigenvalue weighted by atomic mass is 19.4. The molecule has 3 aromatic rings. The van der Waals surface area contributed by atoms with Crippen molar-refractivity contribution in [1.29, 1.82) is 0 Å². The van der Waals surface area contributed by atoms with Crippen LogP contribution in [0.25, 0.3) is 5.69 Å². The largest absolute Gasteiger partial charge is 0.416 e. The van der Waals surface area contributed by atoms with E-state index in [1.54, 1.807) is 36.5 Å². The Bertz CT molecular complexity index is 1010. The molecule has 0 aliphatic carbocycles. The molecule has 3 rings (SSSR count). The number of nitrogens with zero attached hydrogens (tertiary/aromatic N) is 2. The van der Waals surface area contributed by atoms with Gasteiger partial charge in [-0.05, 0) is 42.0 Å². The zero-order valence-corrected chi connectivity index (χ0v) is 15.3. The summed E-state index contributed by atoms with van der Waals surface area (Å²) in [7, 11) is 0. The third kappa shape index (κ3) is 5.22. The number of hydrogen-bond donors (Lipinski definition) is 2. The van der Waals surface area contributed by atoms with Gasteiger partial charge in [0, 0.05) is 25.0 Å². The number of benzene rings is 2. The SMILES string of the molecule is CC(=O)Nc1ccc(CC(=O)Nc2cc(C(F)(F)F)ccc2-n2cccn2)cc1. The summed E-state index contributed by atoms with van der Waals surface area (Å²) in [6, 6.07) is 11.3. The van der Waals surface area contributed by atoms with Gasteiger partial charge in [-0.2, -0.15) is 18.3 Å². The number of amides is 2. The van der Waals surface area contributed by atoms with Gasteiger partial charge in [0.25, 0.3) is 0 Å². The molecule has 0 aliphatic rings. The number of alkyl halides is 3. The van der Waals surface area contributed by atoms with Gasteiger partial charge in [-0.3, -0.25) is 9.59 Å². The van der Waals surface area contributed by atoms with E-state index >= 15 is 0 Å². The van der Waals surface area contributed by atoms with Crippen LogP contribution in [0.4, 0.5) is 24.5 Å². The monoisotopic (exact) mass is 402 g/mol. The highest BCUT2D eigenvalue weighted by Gasteiger charge is 2.31. The van der Waals surface area contributed by atoms with Crippen molar-refractivity contribution < 1.29 is 22.8 Å². The average molecular weight is 402 g/mol. The van der Waals surface area contributed by atoms with Gasteiger partial charge in [0.15, 0.2) is 0 Å². The second-order valence-electron chi connectivity index (χ2n) is 6.28. The van der Waals surface area contributed by atoms with E-state index < -0.39 is 17.6 Å². The Morgan fingerprint density at radius 1 is 1.07 bits per heavy atom. The Hall–Kier alpha value is -3.62. The molecule has 2 amide bonds. The average Bonchev–Trinajstić information content (AvgIpc) is 3.16. The molecule has 1 aromatic heterocycles. The summed E-state index contributed by atoms with van der Waals surface area (Å²) in [4.78, 5) is 23.5. The predicted octanol–water partition coefficient (Wildman–Crippen LogP) is 4.03. The minimum atomic E-state index is -4.54. The number of aromatic nitrogens is 2. The highest BCUT2D eigenvalue weighted by molar-refractivity contribution is 5.94. The van der Waals surface area contributed by atoms with Crippen molar-refractivity contribution >= 4 is 23.2 Å². The first-order chi connectivity index (χ1) is 13.7. The lowest BCUT2D eigenvalue weighted by Gasteiger charge is -2.15. The maximum Gasteiger partial charge on any atom is 0.416 e. The zero-order chi connectivity index (χ0) is 21.0. The fourth-order valence-electron chi connectivity index (χ4n) is 2.71. The van der Waals surface area contributed by atoms with Crippen molar-refractivity contribution in [2.75, 3.05) is 10.6 Å². The molecule has 0 saturated carbocycles. The van der Waals surface area contributed by atoms with E-state index in [-0.39, 0.29) is 18.0 Å². The van der Waals surface area contributed by atoms with Crippen molar-refractivity contribution in [3.63, 3.8) is 0 Å². The maximum atomic E-state index is 13.1. The number of rotatable bonds is 5. The van der Waals surface area contributed by atoms with Crippen LogP contribution in [-0.2, 0) is 22.2 Å². The Kier molecular flexibility index (Phi) is 5.67. The zero-order valence-electron chi connectivity index (χ0n) is 15.3. The van der Waals surface area contributed by atoms with E-state index in [4.69, 9.17) is 0 Å². The molecule has 0 unspecified atom stereocenters. The molecule has 2 aromatic carbocycles. The highest BCUT2D eigenvalue weighted by Crippen LogP contribution is 2.33. The van der Waals surface area contributed by atoms with E-state index in [9.17, 15) is 22.8 Å². The van der Waals surface area contributed by atoms with Gasteiger partial charge in [-0.15, -0.1) is 0 Å². The quantitative estimate of drug-likeness (QED) is 0.677. The molecule has 0 fully saturated rings. The number of anilines is 2. The van der Waals surface area contributed by atoms with Gasteiger partial charge in [-0.1, -0.05) is 12.1 Å². The second-order valence-corrected chi connectivity index (χ2v) is 6.28. The fraction of sp³-hybridized carbons (Fsp3) is 0.150. The minimum Gasteiger partial charge on any atom is -0.326 e. The fourth-order valence-corrected chi connectivity index (χ4v) is 2.71. The number of carbonyl (C=O) groups excluding carboxylic acids is 2. The van der Waals surface area contributed by atoms with Crippen LogP contribution in [0.1, 0.15) is 18.1 Å². The molecule has 150 valence electrons. The van der Waals surface area contributed by atoms with Crippen LogP contribution < -0.4 is 10.6 Å². The summed E-state index contributed by atoms with van der Waals surface area (Å²) < 4.78 is 40.6. The first kappa shape index (κ1) is 20.1. The number of nitrogens with one attached hydrogen (secondary N) is 2. The normalized spacial score (nSPS) is 11.2. The molecular formula is C20H17F3N4O2. The molecule has 0 radical (unpaired) electrons. The molecule has 6 nitrogen and oxygen atoms in total. The summed E-state index contributed by atoms with van der Waals surface area (Å²) in [5, 5.41) is 9.16. The summed E-state index contributed by atoms with van der Waals surface area (Å²) in [5.74, 6) is -0.698. The standard InChI is InChI=1S/C20H17F3N4O2/c1-13(28)25-16-6-3-14(4-7-16)11-19(29)26-17-12-15(20(21,22)23)5-8-18(17)27-10-2-9-24-27/h2-10,12H,11H2,1H3,(H,25,28)(H,26,29). The first-order valence-electron chi connectivity index (χ1n) is 8.60. The molecule has 0 saturated heterocycles. The lowest BCUT2D eigenvalue weighted by atomic mass is 10.1. The van der Waals surface area contributed by atoms with Crippen molar-refractivity contribution in [2.24, 2.45) is 0 Å². The van der Waals surface area contributed by atoms with Gasteiger partial charge in [0.2, 0.25) is 11.8 Å². The summed E-state index contributed by atoms with van der Waals surface area (Å²) in [5.41, 5.74) is 0.675. The van der Waals surface area contributed by atoms with Crippen LogP contribution in [0.5, 0.6) is 0 Å². The lowest BCUT2D eigenvalue weighted by Crippen LogP contribution is -2.17. The third-order valence-corrected chi connectivity index (χ3v) is 3.99. The van der Waals surface area contributed by atoms with E-state index in [2.05, 4.69) is 15.7 Å². The Morgan fingerprint density at radius 3 is 2.38 bits per heavy atom. The summed E-state index contributed by atoms with van der Waals surface area (Å²) >= 11 is 0. The number of hydrogen-bond acceptors (Lipinski definition) is 3. The molecule has 9 heteroatoms. The smallest absolute Gasteiger partial charge is 0.326 e. The van der Waals surface area contributed by atoms with E-state index in [0.29, 0.717) is 16.9 Å². The first-order valence-corrected chi connectivity index (χ1v) is 8.60. The number of halogens is 3. The van der Waals surface area contributed by atoms with Crippen LogP contribution in [0.15, 0.2) is 60.9 Å². The third-order valence-electron chi connectivity index (χ3n) is 3.99. The summed E-state index contributed by atoms with van der Waals surface area (Å²) in [6.45, 7) is 1.38. The van der Waals surface area contributed by atoms with Gasteiger partial charge < -0.3 is 10.6 Å². The Balaban J connectivity index is 1.80. The lowest BCUT2D eigenvalue weighted by molar-refractivity contribution is -0.137. The van der Waals surface area contributed by atoms with Gasteiger partial charge in [0.1, 0.15) is 0 Å². The van der Waals surface area contributed by atoms with Crippen molar-refractivity contribution in [3.8, 4) is 5.69 Å². The Labute approximate surface area is 164 Å². The molecule has 29 heavy (non-hydrogen) atoms. The molecule has 1 heterocycles. The second kappa shape index (κ2) is 8.17. The molecular weight excluding hydrogens is 385 g/mol. The maximum absolute atomic E-state index is 13.1. The van der Waals surface area contributed by atoms with Crippen LogP contribution in [0.2, 0.25) is 0 Å². The van der Waals surface area contributed by atoms with Crippen LogP contribution >= 0.6 is 0 Å². The van der Waals surface area contributed by atoms with Crippen LogP contribution in [-0.4, -0.2) is 21.6 Å². The minimum absolute atomic E-state index is 0.00314. The van der Waals surface area contributed by atoms with E-state index in [1.807, 2.05) is 0 Å².